The van der Waals surface area contributed by atoms with Crippen LogP contribution in [-0.2, 0) is 14.6 Å². The lowest BCUT2D eigenvalue weighted by molar-refractivity contribution is -0.116. The molecule has 1 atom stereocenters. The number of nitrogens with one attached hydrogen (secondary N) is 1. The Labute approximate surface area is 187 Å². The summed E-state index contributed by atoms with van der Waals surface area (Å²) in [6.45, 7) is 6.69. The quantitative estimate of drug-likeness (QED) is 0.540. The molecule has 5 nitrogen and oxygen atoms in total. The van der Waals surface area contributed by atoms with Crippen LogP contribution in [0.5, 0.6) is 5.75 Å². The van der Waals surface area contributed by atoms with Crippen LogP contribution in [0.15, 0.2) is 63.7 Å². The van der Waals surface area contributed by atoms with Crippen LogP contribution < -0.4 is 10.1 Å². The predicted octanol–water partition coefficient (Wildman–Crippen LogP) is 5.40. The normalized spacial score (nSPS) is 16.1. The Kier molecular flexibility index (Phi) is 5.90. The Balaban J connectivity index is 1.72. The van der Waals surface area contributed by atoms with Crippen molar-refractivity contribution >= 4 is 32.8 Å². The van der Waals surface area contributed by atoms with Crippen molar-refractivity contribution in [3.63, 3.8) is 0 Å². The smallest absolute Gasteiger partial charge is 0.225 e. The van der Waals surface area contributed by atoms with E-state index in [-0.39, 0.29) is 28.0 Å². The predicted molar refractivity (Wildman–Crippen MR) is 123 cm³/mol. The standard InChI is InChI=1S/C24H25NO4S2/c1-15(2)13-29-18-6-4-5-17(11-18)20-12-22(26)25-23-21(14-30-24(20)23)31(27,28)19-9-7-16(3)8-10-19/h4-11,14-15,20H,12-13H2,1-3H3,(H,25,26). The van der Waals surface area contributed by atoms with Crippen molar-refractivity contribution in [1.82, 2.24) is 0 Å². The highest BCUT2D eigenvalue weighted by Gasteiger charge is 2.34. The second-order valence-electron chi connectivity index (χ2n) is 8.24. The fourth-order valence-electron chi connectivity index (χ4n) is 3.60. The molecule has 4 rings (SSSR count). The molecule has 0 radical (unpaired) electrons. The van der Waals surface area contributed by atoms with Crippen LogP contribution in [0.1, 0.15) is 42.2 Å². The number of anilines is 1. The summed E-state index contributed by atoms with van der Waals surface area (Å²) in [5.41, 5.74) is 2.33. The number of rotatable bonds is 6. The summed E-state index contributed by atoms with van der Waals surface area (Å²) in [5, 5.41) is 4.45. The van der Waals surface area contributed by atoms with Crippen LogP contribution in [0, 0.1) is 12.8 Å². The molecule has 3 aromatic rings. The Morgan fingerprint density at radius 1 is 1.16 bits per heavy atom. The van der Waals surface area contributed by atoms with Crippen molar-refractivity contribution in [2.45, 2.75) is 42.9 Å². The van der Waals surface area contributed by atoms with Gasteiger partial charge in [0.2, 0.25) is 15.7 Å². The second kappa shape index (κ2) is 8.48. The number of sulfone groups is 1. The summed E-state index contributed by atoms with van der Waals surface area (Å²) in [4.78, 5) is 13.8. The lowest BCUT2D eigenvalue weighted by Gasteiger charge is -2.24. The molecule has 2 aromatic carbocycles. The van der Waals surface area contributed by atoms with Gasteiger partial charge < -0.3 is 10.1 Å². The maximum Gasteiger partial charge on any atom is 0.225 e. The highest BCUT2D eigenvalue weighted by molar-refractivity contribution is 7.91. The van der Waals surface area contributed by atoms with Crippen LogP contribution in [0.25, 0.3) is 0 Å². The number of amides is 1. The third kappa shape index (κ3) is 4.38. The monoisotopic (exact) mass is 455 g/mol. The maximum atomic E-state index is 13.3. The second-order valence-corrected chi connectivity index (χ2v) is 11.1. The Bertz CT molecular complexity index is 1210. The molecule has 1 aliphatic rings. The van der Waals surface area contributed by atoms with E-state index in [1.165, 1.54) is 11.3 Å². The third-order valence-electron chi connectivity index (χ3n) is 5.22. The zero-order valence-electron chi connectivity index (χ0n) is 17.7. The summed E-state index contributed by atoms with van der Waals surface area (Å²) in [5.74, 6) is 0.758. The molecule has 0 fully saturated rings. The molecule has 0 saturated carbocycles. The van der Waals surface area contributed by atoms with Gasteiger partial charge in [0.25, 0.3) is 0 Å². The van der Waals surface area contributed by atoms with Gasteiger partial charge in [0, 0.05) is 22.6 Å². The van der Waals surface area contributed by atoms with Crippen molar-refractivity contribution in [3.05, 3.63) is 69.9 Å². The van der Waals surface area contributed by atoms with Crippen molar-refractivity contribution in [2.24, 2.45) is 5.92 Å². The molecular formula is C24H25NO4S2. The molecular weight excluding hydrogens is 430 g/mol. The van der Waals surface area contributed by atoms with Crippen molar-refractivity contribution < 1.29 is 17.9 Å². The number of hydrogen-bond donors (Lipinski definition) is 1. The van der Waals surface area contributed by atoms with Gasteiger partial charge in [0.05, 0.1) is 17.2 Å². The average Bonchev–Trinajstić information content (AvgIpc) is 3.16. The first-order valence-corrected chi connectivity index (χ1v) is 12.6. The van der Waals surface area contributed by atoms with E-state index in [0.717, 1.165) is 21.8 Å². The zero-order valence-corrected chi connectivity index (χ0v) is 19.3. The summed E-state index contributed by atoms with van der Waals surface area (Å²) in [7, 11) is -3.74. The largest absolute Gasteiger partial charge is 0.493 e. The average molecular weight is 456 g/mol. The molecule has 0 bridgehead atoms. The summed E-state index contributed by atoms with van der Waals surface area (Å²) < 4.78 is 32.4. The Hall–Kier alpha value is -2.64. The number of benzene rings is 2. The van der Waals surface area contributed by atoms with Gasteiger partial charge in [-0.25, -0.2) is 8.42 Å². The highest BCUT2D eigenvalue weighted by atomic mass is 32.2. The minimum absolute atomic E-state index is 0.154. The first-order valence-electron chi connectivity index (χ1n) is 10.2. The van der Waals surface area contributed by atoms with E-state index >= 15 is 0 Å². The molecule has 2 heterocycles. The van der Waals surface area contributed by atoms with Gasteiger partial charge >= 0.3 is 0 Å². The van der Waals surface area contributed by atoms with Gasteiger partial charge in [-0.1, -0.05) is 43.7 Å². The molecule has 0 aliphatic carbocycles. The Morgan fingerprint density at radius 3 is 2.61 bits per heavy atom. The number of aryl methyl sites for hydroxylation is 1. The number of carbonyl (C=O) groups excluding carboxylic acids is 1. The molecule has 31 heavy (non-hydrogen) atoms. The highest BCUT2D eigenvalue weighted by Crippen LogP contribution is 2.46. The van der Waals surface area contributed by atoms with Crippen LogP contribution in [0.2, 0.25) is 0 Å². The van der Waals surface area contributed by atoms with Gasteiger partial charge in [0.1, 0.15) is 10.6 Å². The topological polar surface area (TPSA) is 72.5 Å². The van der Waals surface area contributed by atoms with E-state index in [1.807, 2.05) is 31.2 Å². The summed E-state index contributed by atoms with van der Waals surface area (Å²) >= 11 is 1.37. The van der Waals surface area contributed by atoms with E-state index in [4.69, 9.17) is 4.74 Å². The lowest BCUT2D eigenvalue weighted by Crippen LogP contribution is -2.23. The summed E-state index contributed by atoms with van der Waals surface area (Å²) in [6.07, 6.45) is 0.269. The van der Waals surface area contributed by atoms with Crippen LogP contribution in [0.3, 0.4) is 0 Å². The molecule has 1 amide bonds. The molecule has 7 heteroatoms. The molecule has 1 aliphatic heterocycles. The van der Waals surface area contributed by atoms with Gasteiger partial charge in [-0.2, -0.15) is 0 Å². The number of fused-ring (bicyclic) bond motifs is 1. The number of carbonyl (C=O) groups is 1. The lowest BCUT2D eigenvalue weighted by atomic mass is 9.90. The molecule has 1 aromatic heterocycles. The van der Waals surface area contributed by atoms with E-state index < -0.39 is 9.84 Å². The number of thiophene rings is 1. The molecule has 0 spiro atoms. The van der Waals surface area contributed by atoms with Gasteiger partial charge in [-0.3, -0.25) is 4.79 Å². The number of hydrogen-bond acceptors (Lipinski definition) is 5. The first-order chi connectivity index (χ1) is 14.8. The van der Waals surface area contributed by atoms with E-state index in [0.29, 0.717) is 18.2 Å². The zero-order chi connectivity index (χ0) is 22.2. The fourth-order valence-corrected chi connectivity index (χ4v) is 6.51. The van der Waals surface area contributed by atoms with E-state index in [2.05, 4.69) is 19.2 Å². The van der Waals surface area contributed by atoms with Gasteiger partial charge in [-0.05, 0) is 42.7 Å². The molecule has 1 N–H and O–H groups in total. The van der Waals surface area contributed by atoms with Crippen LogP contribution >= 0.6 is 11.3 Å². The van der Waals surface area contributed by atoms with Crippen molar-refractivity contribution in [3.8, 4) is 5.75 Å². The first kappa shape index (κ1) is 21.6. The van der Waals surface area contributed by atoms with Crippen LogP contribution in [0.4, 0.5) is 5.69 Å². The van der Waals surface area contributed by atoms with Crippen molar-refractivity contribution in [1.29, 1.82) is 0 Å². The Morgan fingerprint density at radius 2 is 1.90 bits per heavy atom. The minimum atomic E-state index is -3.74. The molecule has 0 saturated heterocycles. The summed E-state index contributed by atoms with van der Waals surface area (Å²) in [6, 6.07) is 14.5. The third-order valence-corrected chi connectivity index (χ3v) is 8.26. The SMILES string of the molecule is Cc1ccc(S(=O)(=O)c2csc3c2NC(=O)CC3c2cccc(OCC(C)C)c2)cc1. The van der Waals surface area contributed by atoms with Gasteiger partial charge in [0.15, 0.2) is 0 Å². The molecule has 162 valence electrons. The maximum absolute atomic E-state index is 13.3. The van der Waals surface area contributed by atoms with Crippen molar-refractivity contribution in [2.75, 3.05) is 11.9 Å². The van der Waals surface area contributed by atoms with Crippen LogP contribution in [-0.4, -0.2) is 20.9 Å². The van der Waals surface area contributed by atoms with Gasteiger partial charge in [-0.15, -0.1) is 11.3 Å². The van der Waals surface area contributed by atoms with E-state index in [1.54, 1.807) is 29.6 Å². The molecule has 1 unspecified atom stereocenters. The minimum Gasteiger partial charge on any atom is -0.493 e. The fraction of sp³-hybridized carbons (Fsp3) is 0.292. The number of ether oxygens (including phenoxy) is 1. The van der Waals surface area contributed by atoms with E-state index in [9.17, 15) is 13.2 Å².